The SMILES string of the molecule is CCC(=O)CCCN(C)c1cccc(C#N)c1. The van der Waals surface area contributed by atoms with Gasteiger partial charge >= 0.3 is 0 Å². The van der Waals surface area contributed by atoms with Crippen molar-refractivity contribution in [2.24, 2.45) is 0 Å². The fourth-order valence-electron chi connectivity index (χ4n) is 1.63. The van der Waals surface area contributed by atoms with Crippen LogP contribution in [0.4, 0.5) is 5.69 Å². The first-order valence-corrected chi connectivity index (χ1v) is 5.90. The highest BCUT2D eigenvalue weighted by Crippen LogP contribution is 2.14. The maximum atomic E-state index is 11.2. The van der Waals surface area contributed by atoms with Gasteiger partial charge in [0.15, 0.2) is 0 Å². The highest BCUT2D eigenvalue weighted by atomic mass is 16.1. The van der Waals surface area contributed by atoms with Crippen LogP contribution in [0.1, 0.15) is 31.7 Å². The fourth-order valence-corrected chi connectivity index (χ4v) is 1.63. The number of nitriles is 1. The minimum Gasteiger partial charge on any atom is -0.375 e. The molecule has 0 saturated heterocycles. The molecule has 0 saturated carbocycles. The zero-order valence-electron chi connectivity index (χ0n) is 10.4. The molecule has 17 heavy (non-hydrogen) atoms. The second kappa shape index (κ2) is 6.70. The molecule has 0 bridgehead atoms. The van der Waals surface area contributed by atoms with E-state index in [2.05, 4.69) is 11.0 Å². The molecular formula is C14H18N2O. The number of carbonyl (C=O) groups is 1. The topological polar surface area (TPSA) is 44.1 Å². The Morgan fingerprint density at radius 2 is 2.24 bits per heavy atom. The standard InChI is InChI=1S/C14H18N2O/c1-3-14(17)8-5-9-16(2)13-7-4-6-12(10-13)11-15/h4,6-7,10H,3,5,8-9H2,1-2H3. The van der Waals surface area contributed by atoms with Crippen molar-refractivity contribution in [1.29, 1.82) is 5.26 Å². The maximum absolute atomic E-state index is 11.2. The monoisotopic (exact) mass is 230 g/mol. The Morgan fingerprint density at radius 3 is 2.88 bits per heavy atom. The van der Waals surface area contributed by atoms with Gasteiger partial charge in [-0.3, -0.25) is 4.79 Å². The molecule has 0 heterocycles. The van der Waals surface area contributed by atoms with Crippen molar-refractivity contribution in [2.45, 2.75) is 26.2 Å². The van der Waals surface area contributed by atoms with Crippen molar-refractivity contribution in [2.75, 3.05) is 18.5 Å². The van der Waals surface area contributed by atoms with Gasteiger partial charge < -0.3 is 4.90 Å². The predicted molar refractivity (Wildman–Crippen MR) is 69.0 cm³/mol. The summed E-state index contributed by atoms with van der Waals surface area (Å²) in [5.74, 6) is 0.309. The summed E-state index contributed by atoms with van der Waals surface area (Å²) < 4.78 is 0. The molecule has 0 aliphatic carbocycles. The molecule has 0 unspecified atom stereocenters. The second-order valence-electron chi connectivity index (χ2n) is 4.08. The molecule has 0 aliphatic rings. The molecule has 3 nitrogen and oxygen atoms in total. The molecule has 0 spiro atoms. The normalized spacial score (nSPS) is 9.71. The molecule has 1 aromatic rings. The molecule has 1 aromatic carbocycles. The third-order valence-electron chi connectivity index (χ3n) is 2.76. The first-order valence-electron chi connectivity index (χ1n) is 5.90. The van der Waals surface area contributed by atoms with E-state index in [-0.39, 0.29) is 0 Å². The Bertz CT molecular complexity index is 420. The molecule has 0 N–H and O–H groups in total. The average molecular weight is 230 g/mol. The molecule has 0 amide bonds. The van der Waals surface area contributed by atoms with Crippen LogP contribution in [0.15, 0.2) is 24.3 Å². The summed E-state index contributed by atoms with van der Waals surface area (Å²) in [5, 5.41) is 8.81. The number of anilines is 1. The van der Waals surface area contributed by atoms with Crippen LogP contribution in [0.5, 0.6) is 0 Å². The Hall–Kier alpha value is -1.82. The summed E-state index contributed by atoms with van der Waals surface area (Å²) in [4.78, 5) is 13.2. The van der Waals surface area contributed by atoms with E-state index >= 15 is 0 Å². The molecule has 0 radical (unpaired) electrons. The summed E-state index contributed by atoms with van der Waals surface area (Å²) in [6.07, 6.45) is 2.12. The number of benzene rings is 1. The van der Waals surface area contributed by atoms with E-state index in [1.165, 1.54) is 0 Å². The number of rotatable bonds is 6. The molecule has 0 fully saturated rings. The lowest BCUT2D eigenvalue weighted by Crippen LogP contribution is -2.19. The largest absolute Gasteiger partial charge is 0.375 e. The van der Waals surface area contributed by atoms with Gasteiger partial charge in [0.05, 0.1) is 11.6 Å². The summed E-state index contributed by atoms with van der Waals surface area (Å²) in [6, 6.07) is 9.63. The maximum Gasteiger partial charge on any atom is 0.132 e. The number of carbonyl (C=O) groups excluding carboxylic acids is 1. The van der Waals surface area contributed by atoms with E-state index in [4.69, 9.17) is 5.26 Å². The van der Waals surface area contributed by atoms with Crippen molar-refractivity contribution in [3.8, 4) is 6.07 Å². The number of Topliss-reactive ketones (excluding diaryl/α,β-unsaturated/α-hetero) is 1. The van der Waals surface area contributed by atoms with Gasteiger partial charge in [-0.25, -0.2) is 0 Å². The Kier molecular flexibility index (Phi) is 5.22. The highest BCUT2D eigenvalue weighted by Gasteiger charge is 2.03. The fraction of sp³-hybridized carbons (Fsp3) is 0.429. The van der Waals surface area contributed by atoms with Gasteiger partial charge in [-0.15, -0.1) is 0 Å². The quantitative estimate of drug-likeness (QED) is 0.754. The van der Waals surface area contributed by atoms with Gasteiger partial charge in [0.1, 0.15) is 5.78 Å². The highest BCUT2D eigenvalue weighted by molar-refractivity contribution is 5.77. The van der Waals surface area contributed by atoms with Crippen LogP contribution in [0.25, 0.3) is 0 Å². The van der Waals surface area contributed by atoms with Crippen molar-refractivity contribution in [1.82, 2.24) is 0 Å². The lowest BCUT2D eigenvalue weighted by molar-refractivity contribution is -0.118. The number of hydrogen-bond acceptors (Lipinski definition) is 3. The summed E-state index contributed by atoms with van der Waals surface area (Å²) in [7, 11) is 1.98. The van der Waals surface area contributed by atoms with Crippen molar-refractivity contribution in [3.05, 3.63) is 29.8 Å². The van der Waals surface area contributed by atoms with Gasteiger partial charge in [0.2, 0.25) is 0 Å². The second-order valence-corrected chi connectivity index (χ2v) is 4.08. The predicted octanol–water partition coefficient (Wildman–Crippen LogP) is 2.75. The smallest absolute Gasteiger partial charge is 0.132 e. The van der Waals surface area contributed by atoms with Crippen LogP contribution >= 0.6 is 0 Å². The Morgan fingerprint density at radius 1 is 1.47 bits per heavy atom. The van der Waals surface area contributed by atoms with E-state index in [9.17, 15) is 4.79 Å². The van der Waals surface area contributed by atoms with Crippen LogP contribution in [0.3, 0.4) is 0 Å². The molecule has 0 aliphatic heterocycles. The minimum atomic E-state index is 0.309. The molecule has 0 aromatic heterocycles. The van der Waals surface area contributed by atoms with Crippen LogP contribution in [0, 0.1) is 11.3 Å². The van der Waals surface area contributed by atoms with Crippen molar-refractivity contribution < 1.29 is 4.79 Å². The van der Waals surface area contributed by atoms with E-state index in [1.807, 2.05) is 32.2 Å². The minimum absolute atomic E-state index is 0.309. The van der Waals surface area contributed by atoms with Gasteiger partial charge in [-0.2, -0.15) is 5.26 Å². The Labute approximate surface area is 103 Å². The van der Waals surface area contributed by atoms with Gasteiger partial charge in [-0.05, 0) is 24.6 Å². The zero-order chi connectivity index (χ0) is 12.7. The lowest BCUT2D eigenvalue weighted by Gasteiger charge is -2.19. The van der Waals surface area contributed by atoms with E-state index < -0.39 is 0 Å². The lowest BCUT2D eigenvalue weighted by atomic mass is 10.1. The molecule has 3 heteroatoms. The van der Waals surface area contributed by atoms with E-state index in [0.717, 1.165) is 18.7 Å². The van der Waals surface area contributed by atoms with Gasteiger partial charge in [0.25, 0.3) is 0 Å². The Balaban J connectivity index is 2.49. The first kappa shape index (κ1) is 13.2. The van der Waals surface area contributed by atoms with Crippen molar-refractivity contribution in [3.63, 3.8) is 0 Å². The van der Waals surface area contributed by atoms with Crippen LogP contribution in [0.2, 0.25) is 0 Å². The molecule has 1 rings (SSSR count). The first-order chi connectivity index (χ1) is 8.17. The van der Waals surface area contributed by atoms with Gasteiger partial charge in [-0.1, -0.05) is 13.0 Å². The molecule has 0 atom stereocenters. The number of nitrogens with zero attached hydrogens (tertiary/aromatic N) is 2. The van der Waals surface area contributed by atoms with E-state index in [1.54, 1.807) is 6.07 Å². The van der Waals surface area contributed by atoms with E-state index in [0.29, 0.717) is 24.2 Å². The third kappa shape index (κ3) is 4.28. The molecule has 90 valence electrons. The third-order valence-corrected chi connectivity index (χ3v) is 2.76. The van der Waals surface area contributed by atoms with Gasteiger partial charge in [0, 0.05) is 32.1 Å². The van der Waals surface area contributed by atoms with Crippen LogP contribution < -0.4 is 4.90 Å². The van der Waals surface area contributed by atoms with Crippen LogP contribution in [-0.4, -0.2) is 19.4 Å². The summed E-state index contributed by atoms with van der Waals surface area (Å²) >= 11 is 0. The number of hydrogen-bond donors (Lipinski definition) is 0. The van der Waals surface area contributed by atoms with Crippen molar-refractivity contribution >= 4 is 11.5 Å². The average Bonchev–Trinajstić information content (AvgIpc) is 2.38. The molecular weight excluding hydrogens is 212 g/mol. The summed E-state index contributed by atoms with van der Waals surface area (Å²) in [5.41, 5.74) is 1.69. The zero-order valence-corrected chi connectivity index (χ0v) is 10.4. The summed E-state index contributed by atoms with van der Waals surface area (Å²) in [6.45, 7) is 2.73. The van der Waals surface area contributed by atoms with Crippen LogP contribution in [-0.2, 0) is 4.79 Å². The number of ketones is 1.